The summed E-state index contributed by atoms with van der Waals surface area (Å²) in [6.07, 6.45) is 5.54. The summed E-state index contributed by atoms with van der Waals surface area (Å²) in [6.45, 7) is 6.75. The van der Waals surface area contributed by atoms with Crippen LogP contribution in [0.15, 0.2) is 24.3 Å². The van der Waals surface area contributed by atoms with E-state index in [9.17, 15) is 0 Å². The highest BCUT2D eigenvalue weighted by Gasteiger charge is 2.43. The zero-order valence-electron chi connectivity index (χ0n) is 12.9. The maximum atomic E-state index is 6.44. The first-order valence-electron chi connectivity index (χ1n) is 7.94. The molecule has 0 radical (unpaired) electrons. The summed E-state index contributed by atoms with van der Waals surface area (Å²) < 4.78 is 5.93. The highest BCUT2D eigenvalue weighted by Crippen LogP contribution is 2.40. The van der Waals surface area contributed by atoms with Gasteiger partial charge in [-0.2, -0.15) is 0 Å². The van der Waals surface area contributed by atoms with Gasteiger partial charge in [-0.25, -0.2) is 0 Å². The quantitative estimate of drug-likeness (QED) is 0.916. The lowest BCUT2D eigenvalue weighted by molar-refractivity contribution is 0.0885. The van der Waals surface area contributed by atoms with E-state index in [2.05, 4.69) is 45.0 Å². The normalized spacial score (nSPS) is 30.7. The van der Waals surface area contributed by atoms with E-state index >= 15 is 0 Å². The van der Waals surface area contributed by atoms with Gasteiger partial charge in [0.05, 0.1) is 12.2 Å². The molecule has 0 amide bonds. The standard InChI is InChI=1S/C18H27NO/c1-18(2,3)13-6-4-12(5-7-13)10-16(19)15-11-14-8-9-17(15)20-14/h4-7,14-17H,8-11,19H2,1-3H3. The van der Waals surface area contributed by atoms with Crippen molar-refractivity contribution in [2.75, 3.05) is 0 Å². The molecule has 2 aliphatic heterocycles. The van der Waals surface area contributed by atoms with Crippen LogP contribution in [0.4, 0.5) is 0 Å². The highest BCUT2D eigenvalue weighted by molar-refractivity contribution is 5.28. The van der Waals surface area contributed by atoms with E-state index in [4.69, 9.17) is 10.5 Å². The van der Waals surface area contributed by atoms with Gasteiger partial charge in [-0.05, 0) is 42.2 Å². The molecule has 4 atom stereocenters. The molecule has 20 heavy (non-hydrogen) atoms. The van der Waals surface area contributed by atoms with Crippen molar-refractivity contribution in [1.82, 2.24) is 0 Å². The van der Waals surface area contributed by atoms with Crippen molar-refractivity contribution in [1.29, 1.82) is 0 Å². The molecule has 2 fully saturated rings. The molecule has 2 saturated heterocycles. The van der Waals surface area contributed by atoms with Crippen LogP contribution in [0.25, 0.3) is 0 Å². The van der Waals surface area contributed by atoms with Gasteiger partial charge in [0, 0.05) is 12.0 Å². The molecule has 0 saturated carbocycles. The molecule has 2 nitrogen and oxygen atoms in total. The van der Waals surface area contributed by atoms with Gasteiger partial charge in [0.15, 0.2) is 0 Å². The van der Waals surface area contributed by atoms with E-state index in [0.29, 0.717) is 18.1 Å². The van der Waals surface area contributed by atoms with E-state index < -0.39 is 0 Å². The summed E-state index contributed by atoms with van der Waals surface area (Å²) in [5, 5.41) is 0. The number of benzene rings is 1. The van der Waals surface area contributed by atoms with Crippen LogP contribution in [0.5, 0.6) is 0 Å². The molecule has 0 aromatic heterocycles. The fraction of sp³-hybridized carbons (Fsp3) is 0.667. The first-order valence-corrected chi connectivity index (χ1v) is 7.94. The molecule has 1 aromatic carbocycles. The first kappa shape index (κ1) is 14.1. The molecule has 2 bridgehead atoms. The Balaban J connectivity index is 1.63. The number of hydrogen-bond donors (Lipinski definition) is 1. The summed E-state index contributed by atoms with van der Waals surface area (Å²) in [6, 6.07) is 9.23. The zero-order chi connectivity index (χ0) is 14.3. The molecule has 3 rings (SSSR count). The SMILES string of the molecule is CC(C)(C)c1ccc(CC(N)C2CC3CCC2O3)cc1. The van der Waals surface area contributed by atoms with Crippen LogP contribution in [0.3, 0.4) is 0 Å². The van der Waals surface area contributed by atoms with E-state index in [-0.39, 0.29) is 11.5 Å². The van der Waals surface area contributed by atoms with Crippen molar-refractivity contribution >= 4 is 0 Å². The molecule has 2 heterocycles. The number of ether oxygens (including phenoxy) is 1. The largest absolute Gasteiger partial charge is 0.375 e. The Morgan fingerprint density at radius 3 is 2.40 bits per heavy atom. The number of fused-ring (bicyclic) bond motifs is 2. The van der Waals surface area contributed by atoms with Gasteiger partial charge in [-0.1, -0.05) is 45.0 Å². The molecule has 2 N–H and O–H groups in total. The van der Waals surface area contributed by atoms with Gasteiger partial charge in [0.25, 0.3) is 0 Å². The lowest BCUT2D eigenvalue weighted by Crippen LogP contribution is -2.37. The smallest absolute Gasteiger partial charge is 0.0623 e. The van der Waals surface area contributed by atoms with Crippen LogP contribution < -0.4 is 5.73 Å². The number of hydrogen-bond acceptors (Lipinski definition) is 2. The monoisotopic (exact) mass is 273 g/mol. The third-order valence-corrected chi connectivity index (χ3v) is 4.99. The Hall–Kier alpha value is -0.860. The lowest BCUT2D eigenvalue weighted by Gasteiger charge is -2.25. The zero-order valence-corrected chi connectivity index (χ0v) is 12.9. The van der Waals surface area contributed by atoms with E-state index in [0.717, 1.165) is 6.42 Å². The van der Waals surface area contributed by atoms with Crippen LogP contribution in [-0.4, -0.2) is 18.2 Å². The second-order valence-electron chi connectivity index (χ2n) is 7.59. The molecule has 0 aliphatic carbocycles. The summed E-state index contributed by atoms with van der Waals surface area (Å²) in [4.78, 5) is 0. The maximum absolute atomic E-state index is 6.44. The van der Waals surface area contributed by atoms with Crippen LogP contribution in [-0.2, 0) is 16.6 Å². The fourth-order valence-electron chi connectivity index (χ4n) is 3.69. The Morgan fingerprint density at radius 2 is 1.90 bits per heavy atom. The first-order chi connectivity index (χ1) is 9.43. The number of nitrogens with two attached hydrogens (primary N) is 1. The topological polar surface area (TPSA) is 35.2 Å². The molecular weight excluding hydrogens is 246 g/mol. The van der Waals surface area contributed by atoms with E-state index in [1.165, 1.54) is 30.4 Å². The van der Waals surface area contributed by atoms with Crippen molar-refractivity contribution in [2.24, 2.45) is 11.7 Å². The van der Waals surface area contributed by atoms with Gasteiger partial charge in [-0.3, -0.25) is 0 Å². The van der Waals surface area contributed by atoms with Crippen LogP contribution in [0.2, 0.25) is 0 Å². The van der Waals surface area contributed by atoms with Crippen molar-refractivity contribution in [2.45, 2.75) is 70.1 Å². The molecule has 4 unspecified atom stereocenters. The highest BCUT2D eigenvalue weighted by atomic mass is 16.5. The van der Waals surface area contributed by atoms with Crippen LogP contribution in [0, 0.1) is 5.92 Å². The Morgan fingerprint density at radius 1 is 1.20 bits per heavy atom. The molecule has 110 valence electrons. The van der Waals surface area contributed by atoms with Crippen LogP contribution in [0.1, 0.15) is 51.2 Å². The van der Waals surface area contributed by atoms with Crippen molar-refractivity contribution in [3.8, 4) is 0 Å². The second kappa shape index (κ2) is 5.16. The average molecular weight is 273 g/mol. The summed E-state index contributed by atoms with van der Waals surface area (Å²) in [5.74, 6) is 0.566. The molecular formula is C18H27NO. The van der Waals surface area contributed by atoms with Crippen LogP contribution >= 0.6 is 0 Å². The fourth-order valence-corrected chi connectivity index (χ4v) is 3.69. The Kier molecular flexibility index (Phi) is 3.64. The second-order valence-corrected chi connectivity index (χ2v) is 7.59. The predicted molar refractivity (Wildman–Crippen MR) is 82.8 cm³/mol. The molecule has 2 heteroatoms. The minimum atomic E-state index is 0.221. The van der Waals surface area contributed by atoms with Crippen molar-refractivity contribution in [3.63, 3.8) is 0 Å². The molecule has 0 spiro atoms. The minimum absolute atomic E-state index is 0.221. The maximum Gasteiger partial charge on any atom is 0.0623 e. The van der Waals surface area contributed by atoms with Gasteiger partial charge in [0.2, 0.25) is 0 Å². The van der Waals surface area contributed by atoms with Gasteiger partial charge >= 0.3 is 0 Å². The predicted octanol–water partition coefficient (Wildman–Crippen LogP) is 3.42. The minimum Gasteiger partial charge on any atom is -0.375 e. The van der Waals surface area contributed by atoms with Crippen molar-refractivity contribution in [3.05, 3.63) is 35.4 Å². The summed E-state index contributed by atoms with van der Waals surface area (Å²) in [7, 11) is 0. The molecule has 2 aliphatic rings. The van der Waals surface area contributed by atoms with E-state index in [1.807, 2.05) is 0 Å². The average Bonchev–Trinajstić information content (AvgIpc) is 3.00. The third kappa shape index (κ3) is 2.77. The number of rotatable bonds is 3. The lowest BCUT2D eigenvalue weighted by atomic mass is 9.81. The Labute approximate surface area is 122 Å². The van der Waals surface area contributed by atoms with Gasteiger partial charge in [-0.15, -0.1) is 0 Å². The Bertz CT molecular complexity index is 459. The van der Waals surface area contributed by atoms with Gasteiger partial charge in [0.1, 0.15) is 0 Å². The van der Waals surface area contributed by atoms with Crippen molar-refractivity contribution < 1.29 is 4.74 Å². The summed E-state index contributed by atoms with van der Waals surface area (Å²) in [5.41, 5.74) is 9.40. The van der Waals surface area contributed by atoms with Gasteiger partial charge < -0.3 is 10.5 Å². The summed E-state index contributed by atoms with van der Waals surface area (Å²) >= 11 is 0. The third-order valence-electron chi connectivity index (χ3n) is 4.99. The van der Waals surface area contributed by atoms with E-state index in [1.54, 1.807) is 0 Å². The molecule has 1 aromatic rings.